The van der Waals surface area contributed by atoms with Gasteiger partial charge in [0.2, 0.25) is 0 Å². The molecule has 4 aromatic rings. The van der Waals surface area contributed by atoms with Crippen molar-refractivity contribution < 1.29 is 26.3 Å². The molecule has 0 aliphatic carbocycles. The van der Waals surface area contributed by atoms with E-state index in [1.165, 1.54) is 18.5 Å². The van der Waals surface area contributed by atoms with Crippen molar-refractivity contribution in [1.29, 1.82) is 0 Å². The highest BCUT2D eigenvalue weighted by Crippen LogP contribution is 2.45. The molecule has 4 aromatic heterocycles. The zero-order valence-electron chi connectivity index (χ0n) is 21.0. The maximum absolute atomic E-state index is 13.3. The van der Waals surface area contributed by atoms with Gasteiger partial charge in [-0.15, -0.1) is 0 Å². The molecule has 11 heteroatoms. The molecule has 0 aromatic carbocycles. The van der Waals surface area contributed by atoms with Gasteiger partial charge in [-0.25, -0.2) is 9.97 Å². The second kappa shape index (κ2) is 9.91. The molecule has 196 valence electrons. The van der Waals surface area contributed by atoms with Gasteiger partial charge in [0.25, 0.3) is 0 Å². The number of nitrogens with one attached hydrogen (secondary N) is 1. The molecule has 4 heterocycles. The largest absolute Gasteiger partial charge is 0.417 e. The average Bonchev–Trinajstić information content (AvgIpc) is 3.39. The van der Waals surface area contributed by atoms with Crippen LogP contribution in [0.25, 0.3) is 22.1 Å². The molecule has 0 fully saturated rings. The van der Waals surface area contributed by atoms with Crippen molar-refractivity contribution in [1.82, 2.24) is 19.2 Å². The number of alkyl halides is 6. The topological polar surface area (TPSA) is 46.5 Å². The highest BCUT2D eigenvalue weighted by molar-refractivity contribution is 6.82. The van der Waals surface area contributed by atoms with Crippen molar-refractivity contribution >= 4 is 30.3 Å². The second-order valence-electron chi connectivity index (χ2n) is 9.73. The maximum atomic E-state index is 13.3. The van der Waals surface area contributed by atoms with E-state index in [1.807, 2.05) is 6.20 Å². The van der Waals surface area contributed by atoms with E-state index in [2.05, 4.69) is 60.7 Å². The van der Waals surface area contributed by atoms with Crippen LogP contribution in [0.2, 0.25) is 16.6 Å². The van der Waals surface area contributed by atoms with Gasteiger partial charge in [-0.3, -0.25) is 0 Å². The molecule has 0 bridgehead atoms. The van der Waals surface area contributed by atoms with E-state index in [0.717, 1.165) is 18.3 Å². The summed E-state index contributed by atoms with van der Waals surface area (Å²) in [5.41, 5.74) is 0.676. The van der Waals surface area contributed by atoms with Gasteiger partial charge in [-0.05, 0) is 47.1 Å². The predicted molar refractivity (Wildman–Crippen MR) is 132 cm³/mol. The van der Waals surface area contributed by atoms with E-state index in [9.17, 15) is 26.3 Å². The van der Waals surface area contributed by atoms with Crippen LogP contribution in [0.5, 0.6) is 0 Å². The highest BCUT2D eigenvalue weighted by Gasteiger charge is 2.46. The number of nitrogens with zero attached hydrogens (tertiary/aromatic N) is 3. The lowest BCUT2D eigenvalue weighted by molar-refractivity contribution is -0.137. The Labute approximate surface area is 206 Å². The second-order valence-corrected chi connectivity index (χ2v) is 15.4. The molecule has 0 spiro atoms. The van der Waals surface area contributed by atoms with Crippen LogP contribution in [0.4, 0.5) is 26.3 Å². The lowest BCUT2D eigenvalue weighted by atomic mass is 10.2. The van der Waals surface area contributed by atoms with Gasteiger partial charge in [0.05, 0.1) is 11.1 Å². The highest BCUT2D eigenvalue weighted by atomic mass is 28.3. The molecular weight excluding hydrogens is 498 g/mol. The van der Waals surface area contributed by atoms with E-state index in [1.54, 1.807) is 6.07 Å². The van der Waals surface area contributed by atoms with Crippen LogP contribution in [0.15, 0.2) is 49.1 Å². The summed E-state index contributed by atoms with van der Waals surface area (Å²) >= 11 is 0. The summed E-state index contributed by atoms with van der Waals surface area (Å²) < 4.78 is 79.0. The third-order valence-corrected chi connectivity index (χ3v) is 13.6. The fraction of sp³-hybridized carbons (Fsp3) is 0.440. The van der Waals surface area contributed by atoms with Gasteiger partial charge in [0.15, 0.2) is 8.24 Å². The van der Waals surface area contributed by atoms with Crippen LogP contribution in [0.3, 0.4) is 0 Å². The first kappa shape index (κ1) is 27.8. The van der Waals surface area contributed by atoms with Crippen molar-refractivity contribution in [2.45, 2.75) is 70.5 Å². The summed E-state index contributed by atoms with van der Waals surface area (Å²) in [5, 5.41) is 0.314. The minimum Gasteiger partial charge on any atom is -0.359 e. The number of H-pyrrole nitrogens is 1. The van der Waals surface area contributed by atoms with Crippen molar-refractivity contribution in [2.75, 3.05) is 0 Å². The molecule has 0 aliphatic rings. The summed E-state index contributed by atoms with van der Waals surface area (Å²) in [6, 6.07) is 4.98. The zero-order valence-corrected chi connectivity index (χ0v) is 22.0. The fourth-order valence-corrected chi connectivity index (χ4v) is 12.2. The van der Waals surface area contributed by atoms with Crippen molar-refractivity contribution in [2.24, 2.45) is 0 Å². The number of pyridine rings is 2. The van der Waals surface area contributed by atoms with Crippen LogP contribution in [0.1, 0.15) is 52.7 Å². The molecule has 0 radical (unpaired) electrons. The van der Waals surface area contributed by atoms with E-state index in [-0.39, 0.29) is 16.4 Å². The van der Waals surface area contributed by atoms with E-state index in [0.29, 0.717) is 22.3 Å². The van der Waals surface area contributed by atoms with Gasteiger partial charge in [-0.2, -0.15) is 26.3 Å². The minimum absolute atomic E-state index is 0.106. The normalized spacial score (nSPS) is 13.2. The quantitative estimate of drug-likeness (QED) is 0.213. The van der Waals surface area contributed by atoms with Gasteiger partial charge in [0.1, 0.15) is 11.3 Å². The Hall–Kier alpha value is -2.82. The monoisotopic (exact) mass is 528 g/mol. The number of rotatable bonds is 4. The number of aromatic amines is 1. The Bertz CT molecular complexity index is 1300. The van der Waals surface area contributed by atoms with Crippen LogP contribution < -0.4 is 0 Å². The third-order valence-electron chi connectivity index (χ3n) is 6.85. The molecule has 36 heavy (non-hydrogen) atoms. The summed E-state index contributed by atoms with van der Waals surface area (Å²) in [4.78, 5) is 10.7. The lowest BCUT2D eigenvalue weighted by Gasteiger charge is -2.44. The first-order valence-corrected chi connectivity index (χ1v) is 13.8. The third kappa shape index (κ3) is 4.89. The Kier molecular flexibility index (Phi) is 7.64. The van der Waals surface area contributed by atoms with Crippen molar-refractivity contribution in [3.05, 3.63) is 60.2 Å². The number of hydrogen-bond acceptors (Lipinski definition) is 2. The first-order chi connectivity index (χ1) is 16.6. The van der Waals surface area contributed by atoms with Gasteiger partial charge in [0, 0.05) is 29.4 Å². The fourth-order valence-electron chi connectivity index (χ4n) is 5.64. The molecular formula is C25H30F6N4Si. The SMILES string of the molecule is CC(C)[Si](C(C)C)(C(C)C)n1ccc2c(C(F)(F)F)ccnc21.FC(F)(F)c1ccnc2[nH]ccc12. The van der Waals surface area contributed by atoms with E-state index < -0.39 is 31.7 Å². The summed E-state index contributed by atoms with van der Waals surface area (Å²) in [6.07, 6.45) is -2.98. The van der Waals surface area contributed by atoms with E-state index >= 15 is 0 Å². The lowest BCUT2D eigenvalue weighted by Crippen LogP contribution is -2.51. The van der Waals surface area contributed by atoms with Gasteiger partial charge < -0.3 is 9.22 Å². The van der Waals surface area contributed by atoms with Crippen LogP contribution >= 0.6 is 0 Å². The van der Waals surface area contributed by atoms with Crippen LogP contribution in [-0.4, -0.2) is 27.4 Å². The molecule has 0 saturated heterocycles. The molecule has 0 unspecified atom stereocenters. The van der Waals surface area contributed by atoms with Crippen molar-refractivity contribution in [3.8, 4) is 0 Å². The molecule has 0 saturated carbocycles. The number of hydrogen-bond donors (Lipinski definition) is 1. The zero-order chi connectivity index (χ0) is 27.1. The Morgan fingerprint density at radius 3 is 1.72 bits per heavy atom. The average molecular weight is 529 g/mol. The Morgan fingerprint density at radius 1 is 0.722 bits per heavy atom. The molecule has 1 N–H and O–H groups in total. The maximum Gasteiger partial charge on any atom is 0.417 e. The standard InChI is InChI=1S/C17H25F3N2Si.C8H5F3N2/c1-11(2)23(12(3)4,13(5)6)22-10-8-14-15(17(18,19)20)7-9-21-16(14)22;9-8(10,11)6-2-4-13-7-5(6)1-3-12-7/h7-13H,1-6H3;1-4H,(H,12,13). The van der Waals surface area contributed by atoms with E-state index in [4.69, 9.17) is 0 Å². The van der Waals surface area contributed by atoms with Gasteiger partial charge >= 0.3 is 12.4 Å². The molecule has 4 nitrogen and oxygen atoms in total. The van der Waals surface area contributed by atoms with Crippen molar-refractivity contribution in [3.63, 3.8) is 0 Å². The number of aromatic nitrogens is 4. The summed E-state index contributed by atoms with van der Waals surface area (Å²) in [7, 11) is -2.11. The summed E-state index contributed by atoms with van der Waals surface area (Å²) in [5.74, 6) is 0. The Morgan fingerprint density at radius 2 is 1.22 bits per heavy atom. The first-order valence-electron chi connectivity index (χ1n) is 11.7. The smallest absolute Gasteiger partial charge is 0.359 e. The number of halogens is 6. The molecule has 0 aliphatic heterocycles. The molecule has 0 amide bonds. The summed E-state index contributed by atoms with van der Waals surface area (Å²) in [6.45, 7) is 13.1. The molecule has 0 atom stereocenters. The minimum atomic E-state index is -4.36. The Balaban J connectivity index is 0.000000233. The predicted octanol–water partition coefficient (Wildman–Crippen LogP) is 8.66. The molecule has 4 rings (SSSR count). The van der Waals surface area contributed by atoms with Crippen LogP contribution in [0, 0.1) is 0 Å². The number of fused-ring (bicyclic) bond motifs is 2. The van der Waals surface area contributed by atoms with Crippen LogP contribution in [-0.2, 0) is 12.4 Å². The van der Waals surface area contributed by atoms with Gasteiger partial charge in [-0.1, -0.05) is 41.5 Å².